The highest BCUT2D eigenvalue weighted by Gasteiger charge is 2.07. The first-order chi connectivity index (χ1) is 9.26. The van der Waals surface area contributed by atoms with E-state index in [1.54, 1.807) is 13.2 Å². The van der Waals surface area contributed by atoms with Crippen molar-refractivity contribution >= 4 is 5.65 Å². The summed E-state index contributed by atoms with van der Waals surface area (Å²) in [5.41, 5.74) is 2.56. The third-order valence-electron chi connectivity index (χ3n) is 2.99. The molecule has 0 bridgehead atoms. The van der Waals surface area contributed by atoms with Gasteiger partial charge in [-0.25, -0.2) is 9.37 Å². The number of nitrogens with zero attached hydrogens (tertiary/aromatic N) is 2. The van der Waals surface area contributed by atoms with Crippen LogP contribution in [-0.4, -0.2) is 16.5 Å². The van der Waals surface area contributed by atoms with Gasteiger partial charge in [-0.15, -0.1) is 0 Å². The van der Waals surface area contributed by atoms with Crippen LogP contribution in [0.25, 0.3) is 5.65 Å². The fourth-order valence-corrected chi connectivity index (χ4v) is 2.14. The maximum Gasteiger partial charge on any atom is 0.179 e. The molecule has 2 heterocycles. The van der Waals surface area contributed by atoms with Gasteiger partial charge in [-0.2, -0.15) is 0 Å². The molecule has 0 saturated heterocycles. The summed E-state index contributed by atoms with van der Waals surface area (Å²) >= 11 is 0. The summed E-state index contributed by atoms with van der Waals surface area (Å²) in [7, 11) is 1.62. The zero-order valence-corrected chi connectivity index (χ0v) is 10.5. The molecule has 2 aromatic heterocycles. The highest BCUT2D eigenvalue weighted by Crippen LogP contribution is 2.19. The number of ether oxygens (including phenoxy) is 1. The third kappa shape index (κ3) is 2.29. The van der Waals surface area contributed by atoms with E-state index in [-0.39, 0.29) is 5.82 Å². The molecule has 96 valence electrons. The number of benzene rings is 1. The number of hydrogen-bond acceptors (Lipinski definition) is 2. The van der Waals surface area contributed by atoms with Crippen LogP contribution in [0.1, 0.15) is 11.3 Å². The second-order valence-corrected chi connectivity index (χ2v) is 4.35. The van der Waals surface area contributed by atoms with Crippen LogP contribution in [-0.2, 0) is 6.42 Å². The van der Waals surface area contributed by atoms with Gasteiger partial charge in [0.2, 0.25) is 0 Å². The van der Waals surface area contributed by atoms with E-state index in [4.69, 9.17) is 4.74 Å². The fraction of sp³-hybridized carbons (Fsp3) is 0.133. The van der Waals surface area contributed by atoms with Gasteiger partial charge >= 0.3 is 0 Å². The fourth-order valence-electron chi connectivity index (χ4n) is 2.14. The second-order valence-electron chi connectivity index (χ2n) is 4.35. The van der Waals surface area contributed by atoms with Gasteiger partial charge in [-0.05, 0) is 29.8 Å². The summed E-state index contributed by atoms with van der Waals surface area (Å²) < 4.78 is 20.3. The number of halogens is 1. The van der Waals surface area contributed by atoms with E-state index >= 15 is 0 Å². The van der Waals surface area contributed by atoms with Gasteiger partial charge in [0.05, 0.1) is 12.8 Å². The normalized spacial score (nSPS) is 10.8. The average molecular weight is 256 g/mol. The van der Waals surface area contributed by atoms with Crippen molar-refractivity contribution in [3.63, 3.8) is 0 Å². The molecule has 0 aliphatic carbocycles. The van der Waals surface area contributed by atoms with Crippen LogP contribution >= 0.6 is 0 Å². The quantitative estimate of drug-likeness (QED) is 0.720. The van der Waals surface area contributed by atoms with Crippen LogP contribution < -0.4 is 4.74 Å². The molecule has 0 saturated carbocycles. The van der Waals surface area contributed by atoms with E-state index in [1.807, 2.05) is 35.0 Å². The summed E-state index contributed by atoms with van der Waals surface area (Å²) in [6, 6.07) is 10.3. The van der Waals surface area contributed by atoms with E-state index in [1.165, 1.54) is 12.1 Å². The Kier molecular flexibility index (Phi) is 2.91. The van der Waals surface area contributed by atoms with Crippen molar-refractivity contribution in [1.82, 2.24) is 9.38 Å². The zero-order valence-electron chi connectivity index (χ0n) is 10.5. The Hall–Kier alpha value is -2.36. The SMILES string of the molecule is COc1cccn2cc(Cc3cccc(F)c3)nc12. The topological polar surface area (TPSA) is 26.5 Å². The highest BCUT2D eigenvalue weighted by molar-refractivity contribution is 5.54. The molecule has 19 heavy (non-hydrogen) atoms. The molecular weight excluding hydrogens is 243 g/mol. The number of fused-ring (bicyclic) bond motifs is 1. The van der Waals surface area contributed by atoms with E-state index in [0.717, 1.165) is 22.7 Å². The van der Waals surface area contributed by atoms with Crippen molar-refractivity contribution in [1.29, 1.82) is 0 Å². The van der Waals surface area contributed by atoms with Gasteiger partial charge in [0.1, 0.15) is 5.82 Å². The lowest BCUT2D eigenvalue weighted by atomic mass is 10.1. The van der Waals surface area contributed by atoms with Crippen molar-refractivity contribution in [2.75, 3.05) is 7.11 Å². The van der Waals surface area contributed by atoms with E-state index in [2.05, 4.69) is 4.98 Å². The van der Waals surface area contributed by atoms with E-state index in [9.17, 15) is 4.39 Å². The highest BCUT2D eigenvalue weighted by atomic mass is 19.1. The number of imidazole rings is 1. The minimum Gasteiger partial charge on any atom is -0.493 e. The molecule has 0 aliphatic rings. The lowest BCUT2D eigenvalue weighted by Crippen LogP contribution is -1.89. The van der Waals surface area contributed by atoms with Gasteiger partial charge in [-0.3, -0.25) is 0 Å². The molecule has 0 radical (unpaired) electrons. The summed E-state index contributed by atoms with van der Waals surface area (Å²) in [6.07, 6.45) is 4.45. The monoisotopic (exact) mass is 256 g/mol. The summed E-state index contributed by atoms with van der Waals surface area (Å²) in [5.74, 6) is 0.506. The molecule has 3 aromatic rings. The molecule has 3 nitrogen and oxygen atoms in total. The van der Waals surface area contributed by atoms with Crippen LogP contribution in [0, 0.1) is 5.82 Å². The second kappa shape index (κ2) is 4.72. The van der Waals surface area contributed by atoms with Crippen LogP contribution in [0.4, 0.5) is 4.39 Å². The molecule has 0 aliphatic heterocycles. The zero-order chi connectivity index (χ0) is 13.2. The molecule has 0 spiro atoms. The summed E-state index contributed by atoms with van der Waals surface area (Å²) in [5, 5.41) is 0. The largest absolute Gasteiger partial charge is 0.493 e. The van der Waals surface area contributed by atoms with Gasteiger partial charge in [-0.1, -0.05) is 12.1 Å². The molecule has 0 atom stereocenters. The molecule has 3 rings (SSSR count). The van der Waals surface area contributed by atoms with Gasteiger partial charge in [0.15, 0.2) is 11.4 Å². The van der Waals surface area contributed by atoms with Crippen LogP contribution in [0.3, 0.4) is 0 Å². The Morgan fingerprint density at radius 1 is 1.26 bits per heavy atom. The Morgan fingerprint density at radius 3 is 2.95 bits per heavy atom. The molecule has 0 amide bonds. The van der Waals surface area contributed by atoms with E-state index < -0.39 is 0 Å². The predicted octanol–water partition coefficient (Wildman–Crippen LogP) is 3.07. The number of pyridine rings is 1. The smallest absolute Gasteiger partial charge is 0.179 e. The number of methoxy groups -OCH3 is 1. The summed E-state index contributed by atoms with van der Waals surface area (Å²) in [4.78, 5) is 4.52. The number of hydrogen-bond donors (Lipinski definition) is 0. The van der Waals surface area contributed by atoms with Crippen molar-refractivity contribution in [3.05, 3.63) is 65.9 Å². The van der Waals surface area contributed by atoms with Gasteiger partial charge < -0.3 is 9.14 Å². The number of aromatic nitrogens is 2. The van der Waals surface area contributed by atoms with Crippen LogP contribution in [0.15, 0.2) is 48.8 Å². The van der Waals surface area contributed by atoms with Crippen molar-refractivity contribution in [3.8, 4) is 5.75 Å². The minimum atomic E-state index is -0.223. The molecule has 0 unspecified atom stereocenters. The lowest BCUT2D eigenvalue weighted by Gasteiger charge is -1.99. The Morgan fingerprint density at radius 2 is 2.16 bits per heavy atom. The van der Waals surface area contributed by atoms with E-state index in [0.29, 0.717) is 6.42 Å². The van der Waals surface area contributed by atoms with Crippen molar-refractivity contribution < 1.29 is 9.13 Å². The predicted molar refractivity (Wildman–Crippen MR) is 71.0 cm³/mol. The maximum atomic E-state index is 13.1. The Bertz CT molecular complexity index is 721. The molecule has 0 N–H and O–H groups in total. The Labute approximate surface area is 110 Å². The first-order valence-electron chi connectivity index (χ1n) is 6.01. The molecule has 4 heteroatoms. The van der Waals surface area contributed by atoms with Crippen LogP contribution in [0.5, 0.6) is 5.75 Å². The standard InChI is InChI=1S/C15H13FN2O/c1-19-14-6-3-7-18-10-13(17-15(14)18)9-11-4-2-5-12(16)8-11/h2-8,10H,9H2,1H3. The third-order valence-corrected chi connectivity index (χ3v) is 2.99. The van der Waals surface area contributed by atoms with Gasteiger partial charge in [0, 0.05) is 18.8 Å². The Balaban J connectivity index is 1.98. The maximum absolute atomic E-state index is 13.1. The first-order valence-corrected chi connectivity index (χ1v) is 6.01. The minimum absolute atomic E-state index is 0.223. The van der Waals surface area contributed by atoms with Crippen LogP contribution in [0.2, 0.25) is 0 Å². The average Bonchev–Trinajstić information content (AvgIpc) is 2.80. The first kappa shape index (κ1) is 11.7. The molecule has 1 aromatic carbocycles. The van der Waals surface area contributed by atoms with Crippen molar-refractivity contribution in [2.45, 2.75) is 6.42 Å². The lowest BCUT2D eigenvalue weighted by molar-refractivity contribution is 0.417. The number of rotatable bonds is 3. The summed E-state index contributed by atoms with van der Waals surface area (Å²) in [6.45, 7) is 0. The molecule has 0 fully saturated rings. The molecular formula is C15H13FN2O. The van der Waals surface area contributed by atoms with Gasteiger partial charge in [0.25, 0.3) is 0 Å². The van der Waals surface area contributed by atoms with Crippen molar-refractivity contribution in [2.24, 2.45) is 0 Å².